The van der Waals surface area contributed by atoms with E-state index < -0.39 is 11.6 Å². The zero-order valence-electron chi connectivity index (χ0n) is 20.7. The van der Waals surface area contributed by atoms with Crippen molar-refractivity contribution >= 4 is 28.8 Å². The molecule has 0 atom stereocenters. The van der Waals surface area contributed by atoms with Crippen LogP contribution in [0.2, 0.25) is 0 Å². The number of halogens is 2. The number of aromatic nitrogens is 2. The molecular weight excluding hydrogens is 476 g/mol. The Bertz CT molecular complexity index is 1400. The molecule has 0 bridgehead atoms. The Balaban J connectivity index is 1.46. The molecule has 2 aromatic carbocycles. The van der Waals surface area contributed by atoms with Gasteiger partial charge in [0.2, 0.25) is 5.95 Å². The summed E-state index contributed by atoms with van der Waals surface area (Å²) in [5.41, 5.74) is 3.02. The van der Waals surface area contributed by atoms with E-state index in [0.29, 0.717) is 22.5 Å². The van der Waals surface area contributed by atoms with E-state index in [-0.39, 0.29) is 42.0 Å². The molecule has 1 saturated heterocycles. The summed E-state index contributed by atoms with van der Waals surface area (Å²) < 4.78 is 29.9. The van der Waals surface area contributed by atoms with Crippen molar-refractivity contribution in [2.75, 3.05) is 47.8 Å². The highest BCUT2D eigenvalue weighted by molar-refractivity contribution is 5.91. The van der Waals surface area contributed by atoms with Crippen molar-refractivity contribution in [3.63, 3.8) is 0 Å². The van der Waals surface area contributed by atoms with Crippen LogP contribution >= 0.6 is 0 Å². The highest BCUT2D eigenvalue weighted by Crippen LogP contribution is 2.35. The van der Waals surface area contributed by atoms with E-state index in [0.717, 1.165) is 38.1 Å². The third kappa shape index (κ3) is 4.95. The molecule has 1 aromatic heterocycles. The molecule has 3 aromatic rings. The molecule has 0 spiro atoms. The fourth-order valence-corrected chi connectivity index (χ4v) is 4.82. The summed E-state index contributed by atoms with van der Waals surface area (Å²) in [6.45, 7) is 7.35. The largest absolute Gasteiger partial charge is 0.368 e. The molecule has 37 heavy (non-hydrogen) atoms. The predicted molar refractivity (Wildman–Crippen MR) is 138 cm³/mol. The summed E-state index contributed by atoms with van der Waals surface area (Å²) in [5, 5.41) is 16.0. The van der Waals surface area contributed by atoms with Crippen molar-refractivity contribution in [3.05, 3.63) is 59.3 Å². The Morgan fingerprint density at radius 3 is 2.62 bits per heavy atom. The van der Waals surface area contributed by atoms with Gasteiger partial charge in [-0.15, -0.1) is 0 Å². The van der Waals surface area contributed by atoms with Crippen molar-refractivity contribution in [2.24, 2.45) is 0 Å². The third-order valence-electron chi connectivity index (χ3n) is 6.67. The third-order valence-corrected chi connectivity index (χ3v) is 6.67. The Hall–Kier alpha value is -4.10. The smallest absolute Gasteiger partial charge is 0.227 e. The number of carbonyl (C=O) groups excluding carboxylic acids is 1. The first-order chi connectivity index (χ1) is 17.8. The lowest BCUT2D eigenvalue weighted by Gasteiger charge is -2.34. The number of piperazine rings is 1. The number of carbonyl (C=O) groups is 1. The molecular formula is C27H27F2N7O. The Morgan fingerprint density at radius 1 is 1.11 bits per heavy atom. The van der Waals surface area contributed by atoms with Gasteiger partial charge in [0, 0.05) is 61.1 Å². The number of fused-ring (bicyclic) bond motifs is 1. The van der Waals surface area contributed by atoms with Crippen molar-refractivity contribution in [1.82, 2.24) is 15.3 Å². The van der Waals surface area contributed by atoms with E-state index >= 15 is 4.39 Å². The average Bonchev–Trinajstić information content (AvgIpc) is 2.90. The Kier molecular flexibility index (Phi) is 6.72. The number of nitriles is 1. The predicted octanol–water partition coefficient (Wildman–Crippen LogP) is 3.79. The number of nitrogens with one attached hydrogen (secondary N) is 2. The van der Waals surface area contributed by atoms with Crippen LogP contribution in [0, 0.1) is 23.0 Å². The van der Waals surface area contributed by atoms with Gasteiger partial charge in [0.1, 0.15) is 17.6 Å². The van der Waals surface area contributed by atoms with E-state index in [1.165, 1.54) is 6.07 Å². The first kappa shape index (κ1) is 24.6. The van der Waals surface area contributed by atoms with Crippen LogP contribution in [0.4, 0.5) is 31.8 Å². The molecule has 0 radical (unpaired) electrons. The van der Waals surface area contributed by atoms with Gasteiger partial charge in [-0.2, -0.15) is 5.26 Å². The first-order valence-electron chi connectivity index (χ1n) is 12.2. The van der Waals surface area contributed by atoms with Crippen LogP contribution in [0.5, 0.6) is 0 Å². The molecule has 10 heteroatoms. The second kappa shape index (κ2) is 10.1. The van der Waals surface area contributed by atoms with Crippen LogP contribution in [0.15, 0.2) is 36.5 Å². The monoisotopic (exact) mass is 503 g/mol. The van der Waals surface area contributed by atoms with Gasteiger partial charge < -0.3 is 20.4 Å². The van der Waals surface area contributed by atoms with E-state index in [4.69, 9.17) is 0 Å². The van der Waals surface area contributed by atoms with Gasteiger partial charge >= 0.3 is 0 Å². The van der Waals surface area contributed by atoms with Crippen LogP contribution in [0.3, 0.4) is 0 Å². The summed E-state index contributed by atoms with van der Waals surface area (Å²) in [4.78, 5) is 24.5. The maximum Gasteiger partial charge on any atom is 0.227 e. The second-order valence-corrected chi connectivity index (χ2v) is 9.49. The SMILES string of the molecule is CC(C)N1CC(=O)Cc2c(F)cc(-c3nc(Nc4ccc(N5CCNCC5)c(C#N)c4)ncc3F)cc21. The lowest BCUT2D eigenvalue weighted by atomic mass is 9.96. The Labute approximate surface area is 213 Å². The number of hydrogen-bond donors (Lipinski definition) is 2. The molecule has 0 amide bonds. The molecule has 2 N–H and O–H groups in total. The van der Waals surface area contributed by atoms with Crippen molar-refractivity contribution < 1.29 is 13.6 Å². The average molecular weight is 504 g/mol. The zero-order valence-corrected chi connectivity index (χ0v) is 20.7. The topological polar surface area (TPSA) is 97.2 Å². The van der Waals surface area contributed by atoms with Gasteiger partial charge in [-0.3, -0.25) is 4.79 Å². The Morgan fingerprint density at radius 2 is 1.89 bits per heavy atom. The van der Waals surface area contributed by atoms with Gasteiger partial charge in [0.25, 0.3) is 0 Å². The number of Topliss-reactive ketones (excluding diaryl/α,β-unsaturated/α-hetero) is 1. The van der Waals surface area contributed by atoms with Crippen LogP contribution in [0.1, 0.15) is 25.0 Å². The van der Waals surface area contributed by atoms with Crippen molar-refractivity contribution in [2.45, 2.75) is 26.3 Å². The minimum absolute atomic E-state index is 0.00882. The maximum atomic E-state index is 15.1. The highest BCUT2D eigenvalue weighted by Gasteiger charge is 2.28. The van der Waals surface area contributed by atoms with E-state index in [9.17, 15) is 14.4 Å². The van der Waals surface area contributed by atoms with Gasteiger partial charge in [-0.1, -0.05) is 0 Å². The lowest BCUT2D eigenvalue weighted by Crippen LogP contribution is -2.43. The summed E-state index contributed by atoms with van der Waals surface area (Å²) in [5.74, 6) is -1.21. The fraction of sp³-hybridized carbons (Fsp3) is 0.333. The van der Waals surface area contributed by atoms with Crippen LogP contribution in [-0.2, 0) is 11.2 Å². The van der Waals surface area contributed by atoms with Crippen molar-refractivity contribution in [1.29, 1.82) is 5.26 Å². The molecule has 8 nitrogen and oxygen atoms in total. The summed E-state index contributed by atoms with van der Waals surface area (Å²) in [6.07, 6.45) is 1.04. The van der Waals surface area contributed by atoms with E-state index in [1.54, 1.807) is 12.1 Å². The second-order valence-electron chi connectivity index (χ2n) is 9.49. The summed E-state index contributed by atoms with van der Waals surface area (Å²) >= 11 is 0. The summed E-state index contributed by atoms with van der Waals surface area (Å²) in [6, 6.07) is 10.5. The standard InChI is InChI=1S/C27H27F2N7O/c1-16(2)36-15-20(37)12-21-22(28)10-17(11-25(21)36)26-23(29)14-32-27(34-26)33-19-3-4-24(18(9-19)13-30)35-7-5-31-6-8-35/h3-4,9-11,14,16,31H,5-8,12,15H2,1-2H3,(H,32,33,34). The molecule has 0 saturated carbocycles. The quantitative estimate of drug-likeness (QED) is 0.543. The number of rotatable bonds is 5. The normalized spacial score (nSPS) is 15.5. The van der Waals surface area contributed by atoms with E-state index in [1.807, 2.05) is 30.9 Å². The molecule has 190 valence electrons. The maximum absolute atomic E-state index is 15.1. The van der Waals surface area contributed by atoms with Crippen LogP contribution in [0.25, 0.3) is 11.3 Å². The van der Waals surface area contributed by atoms with Gasteiger partial charge in [0.05, 0.1) is 24.0 Å². The number of benzene rings is 2. The fourth-order valence-electron chi connectivity index (χ4n) is 4.82. The highest BCUT2D eigenvalue weighted by atomic mass is 19.1. The summed E-state index contributed by atoms with van der Waals surface area (Å²) in [7, 11) is 0. The van der Waals surface area contributed by atoms with E-state index in [2.05, 4.69) is 31.6 Å². The van der Waals surface area contributed by atoms with Crippen LogP contribution in [-0.4, -0.2) is 54.5 Å². The number of hydrogen-bond acceptors (Lipinski definition) is 8. The molecule has 3 heterocycles. The molecule has 1 fully saturated rings. The first-order valence-corrected chi connectivity index (χ1v) is 12.2. The van der Waals surface area contributed by atoms with Crippen LogP contribution < -0.4 is 20.4 Å². The zero-order chi connectivity index (χ0) is 26.1. The number of anilines is 4. The molecule has 5 rings (SSSR count). The minimum atomic E-state index is -0.695. The molecule has 2 aliphatic heterocycles. The van der Waals surface area contributed by atoms with Gasteiger partial charge in [0.15, 0.2) is 11.6 Å². The lowest BCUT2D eigenvalue weighted by molar-refractivity contribution is -0.117. The number of nitrogens with zero attached hydrogens (tertiary/aromatic N) is 5. The van der Waals surface area contributed by atoms with Gasteiger partial charge in [-0.25, -0.2) is 18.7 Å². The molecule has 0 unspecified atom stereocenters. The van der Waals surface area contributed by atoms with Crippen molar-refractivity contribution in [3.8, 4) is 17.3 Å². The molecule has 0 aliphatic carbocycles. The number of ketones is 1. The minimum Gasteiger partial charge on any atom is -0.368 e. The van der Waals surface area contributed by atoms with Gasteiger partial charge in [-0.05, 0) is 44.2 Å². The molecule has 2 aliphatic rings.